The number of rotatable bonds is 8. The number of anilines is 1. The minimum absolute atomic E-state index is 0.267. The minimum atomic E-state index is -3.60. The number of carbonyl (C=O) groups is 1. The van der Waals surface area contributed by atoms with Gasteiger partial charge in [0, 0.05) is 17.5 Å². The molecule has 1 amide bonds. The summed E-state index contributed by atoms with van der Waals surface area (Å²) in [5, 5.41) is 3.80. The summed E-state index contributed by atoms with van der Waals surface area (Å²) in [5.41, 5.74) is 0.318. The third-order valence-electron chi connectivity index (χ3n) is 4.14. The van der Waals surface area contributed by atoms with Gasteiger partial charge < -0.3 is 5.32 Å². The van der Waals surface area contributed by atoms with E-state index in [9.17, 15) is 13.2 Å². The highest BCUT2D eigenvalue weighted by atomic mass is 35.5. The van der Waals surface area contributed by atoms with Crippen LogP contribution >= 0.6 is 23.4 Å². The number of benzene rings is 1. The van der Waals surface area contributed by atoms with Crippen LogP contribution in [0.5, 0.6) is 0 Å². The van der Waals surface area contributed by atoms with Crippen molar-refractivity contribution in [3.05, 3.63) is 29.3 Å². The van der Waals surface area contributed by atoms with E-state index in [1.807, 2.05) is 11.8 Å². The first kappa shape index (κ1) is 20.4. The van der Waals surface area contributed by atoms with E-state index >= 15 is 0 Å². The Morgan fingerprint density at radius 2 is 1.96 bits per heavy atom. The molecule has 25 heavy (non-hydrogen) atoms. The molecule has 8 heteroatoms. The van der Waals surface area contributed by atoms with E-state index in [1.165, 1.54) is 32.1 Å². The molecule has 0 atom stereocenters. The zero-order valence-electron chi connectivity index (χ0n) is 14.4. The molecule has 0 radical (unpaired) electrons. The van der Waals surface area contributed by atoms with Gasteiger partial charge in [-0.05, 0) is 25.0 Å². The van der Waals surface area contributed by atoms with Crippen molar-refractivity contribution in [2.45, 2.75) is 37.4 Å². The zero-order chi connectivity index (χ0) is 18.3. The zero-order valence-corrected chi connectivity index (χ0v) is 16.8. The third kappa shape index (κ3) is 6.72. The first-order chi connectivity index (χ1) is 11.9. The highest BCUT2D eigenvalue weighted by Gasteiger charge is 2.22. The van der Waals surface area contributed by atoms with Crippen LogP contribution in [0.4, 0.5) is 5.69 Å². The Bertz CT molecular complexity index is 676. The Kier molecular flexibility index (Phi) is 7.90. The van der Waals surface area contributed by atoms with Gasteiger partial charge in [-0.25, -0.2) is 8.42 Å². The molecule has 0 bridgehead atoms. The van der Waals surface area contributed by atoms with Crippen LogP contribution in [0.15, 0.2) is 24.3 Å². The molecule has 1 saturated carbocycles. The van der Waals surface area contributed by atoms with Gasteiger partial charge in [0.1, 0.15) is 6.54 Å². The summed E-state index contributed by atoms with van der Waals surface area (Å²) < 4.78 is 25.1. The van der Waals surface area contributed by atoms with E-state index in [1.54, 1.807) is 24.3 Å². The van der Waals surface area contributed by atoms with E-state index in [0.29, 0.717) is 22.5 Å². The molecular formula is C17H25ClN2O3S2. The summed E-state index contributed by atoms with van der Waals surface area (Å²) in [6.45, 7) is 0.275. The van der Waals surface area contributed by atoms with Crippen LogP contribution in [-0.2, 0) is 14.8 Å². The molecule has 2 rings (SSSR count). The predicted octanol–water partition coefficient (Wildman–Crippen LogP) is 3.29. The van der Waals surface area contributed by atoms with Crippen molar-refractivity contribution in [3.63, 3.8) is 0 Å². The lowest BCUT2D eigenvalue weighted by Gasteiger charge is -2.23. The Morgan fingerprint density at radius 1 is 1.28 bits per heavy atom. The van der Waals surface area contributed by atoms with Crippen molar-refractivity contribution >= 4 is 45.0 Å². The van der Waals surface area contributed by atoms with Crippen molar-refractivity contribution < 1.29 is 13.2 Å². The van der Waals surface area contributed by atoms with E-state index in [-0.39, 0.29) is 12.5 Å². The molecule has 1 aliphatic rings. The molecule has 0 heterocycles. The summed E-state index contributed by atoms with van der Waals surface area (Å²) in [7, 11) is -3.60. The highest BCUT2D eigenvalue weighted by Crippen LogP contribution is 2.28. The Hall–Kier alpha value is -0.920. The molecule has 0 aliphatic heterocycles. The summed E-state index contributed by atoms with van der Waals surface area (Å²) in [4.78, 5) is 12.2. The van der Waals surface area contributed by atoms with Gasteiger partial charge in [-0.2, -0.15) is 11.8 Å². The average molecular weight is 405 g/mol. The van der Waals surface area contributed by atoms with Crippen LogP contribution in [0.1, 0.15) is 32.1 Å². The minimum Gasteiger partial charge on any atom is -0.354 e. The fourth-order valence-corrected chi connectivity index (χ4v) is 5.25. The number of hydrogen-bond donors (Lipinski definition) is 1. The molecule has 0 spiro atoms. The SMILES string of the molecule is CS(=O)(=O)N(CC(=O)NCCSC1CCCCC1)c1ccccc1Cl. The molecule has 0 saturated heterocycles. The molecule has 1 fully saturated rings. The number of halogens is 1. The second kappa shape index (κ2) is 9.69. The third-order valence-corrected chi connectivity index (χ3v) is 6.97. The van der Waals surface area contributed by atoms with Crippen LogP contribution in [0.3, 0.4) is 0 Å². The molecule has 140 valence electrons. The summed E-state index contributed by atoms with van der Waals surface area (Å²) in [5.74, 6) is 0.524. The smallest absolute Gasteiger partial charge is 0.240 e. The fraction of sp³-hybridized carbons (Fsp3) is 0.588. The first-order valence-corrected chi connectivity index (χ1v) is 11.8. The van der Waals surface area contributed by atoms with Crippen LogP contribution in [-0.4, -0.2) is 44.7 Å². The molecule has 1 aliphatic carbocycles. The van der Waals surface area contributed by atoms with Crippen LogP contribution < -0.4 is 9.62 Å². The molecule has 5 nitrogen and oxygen atoms in total. The molecule has 1 aromatic carbocycles. The van der Waals surface area contributed by atoms with Gasteiger partial charge in [-0.3, -0.25) is 9.10 Å². The van der Waals surface area contributed by atoms with Crippen molar-refractivity contribution in [1.29, 1.82) is 0 Å². The largest absolute Gasteiger partial charge is 0.354 e. The number of amides is 1. The number of nitrogens with one attached hydrogen (secondary N) is 1. The quantitative estimate of drug-likeness (QED) is 0.675. The van der Waals surface area contributed by atoms with E-state index < -0.39 is 10.0 Å². The molecular weight excluding hydrogens is 380 g/mol. The predicted molar refractivity (Wildman–Crippen MR) is 106 cm³/mol. The summed E-state index contributed by atoms with van der Waals surface area (Å²) in [6, 6.07) is 6.61. The van der Waals surface area contributed by atoms with E-state index in [0.717, 1.165) is 16.3 Å². The second-order valence-corrected chi connectivity index (χ2v) is 9.92. The average Bonchev–Trinajstić information content (AvgIpc) is 2.57. The maximum Gasteiger partial charge on any atom is 0.240 e. The maximum absolute atomic E-state index is 12.2. The van der Waals surface area contributed by atoms with Gasteiger partial charge in [0.05, 0.1) is 17.0 Å². The first-order valence-electron chi connectivity index (χ1n) is 8.48. The highest BCUT2D eigenvalue weighted by molar-refractivity contribution is 7.99. The normalized spacial score (nSPS) is 15.8. The lowest BCUT2D eigenvalue weighted by atomic mass is 10.0. The Labute approximate surface area is 159 Å². The molecule has 0 unspecified atom stereocenters. The lowest BCUT2D eigenvalue weighted by molar-refractivity contribution is -0.119. The number of carbonyl (C=O) groups excluding carboxylic acids is 1. The van der Waals surface area contributed by atoms with E-state index in [2.05, 4.69) is 5.32 Å². The monoisotopic (exact) mass is 404 g/mol. The lowest BCUT2D eigenvalue weighted by Crippen LogP contribution is -2.41. The number of hydrogen-bond acceptors (Lipinski definition) is 4. The van der Waals surface area contributed by atoms with Crippen LogP contribution in [0.2, 0.25) is 5.02 Å². The van der Waals surface area contributed by atoms with Gasteiger partial charge in [-0.1, -0.05) is 43.0 Å². The number of para-hydroxylation sites is 1. The Morgan fingerprint density at radius 3 is 2.60 bits per heavy atom. The van der Waals surface area contributed by atoms with Crippen molar-refractivity contribution in [2.24, 2.45) is 0 Å². The maximum atomic E-state index is 12.2. The van der Waals surface area contributed by atoms with Gasteiger partial charge >= 0.3 is 0 Å². The molecule has 1 aromatic rings. The van der Waals surface area contributed by atoms with Gasteiger partial charge in [0.15, 0.2) is 0 Å². The van der Waals surface area contributed by atoms with Crippen molar-refractivity contribution in [1.82, 2.24) is 5.32 Å². The number of thioether (sulfide) groups is 1. The molecule has 1 N–H and O–H groups in total. The Balaban J connectivity index is 1.84. The number of sulfonamides is 1. The van der Waals surface area contributed by atoms with Crippen molar-refractivity contribution in [3.8, 4) is 0 Å². The van der Waals surface area contributed by atoms with E-state index in [4.69, 9.17) is 11.6 Å². The van der Waals surface area contributed by atoms with Gasteiger partial charge in [0.2, 0.25) is 15.9 Å². The standard InChI is InChI=1S/C17H25ClN2O3S2/c1-25(22,23)20(16-10-6-5-9-15(16)18)13-17(21)19-11-12-24-14-7-3-2-4-8-14/h5-6,9-10,14H,2-4,7-8,11-13H2,1H3,(H,19,21). The topological polar surface area (TPSA) is 66.5 Å². The second-order valence-electron chi connectivity index (χ2n) is 6.20. The van der Waals surface area contributed by atoms with Crippen LogP contribution in [0, 0.1) is 0 Å². The van der Waals surface area contributed by atoms with Gasteiger partial charge in [0.25, 0.3) is 0 Å². The molecule has 0 aromatic heterocycles. The van der Waals surface area contributed by atoms with Crippen LogP contribution in [0.25, 0.3) is 0 Å². The van der Waals surface area contributed by atoms with Crippen molar-refractivity contribution in [2.75, 3.05) is 29.4 Å². The fourth-order valence-electron chi connectivity index (χ4n) is 2.87. The summed E-state index contributed by atoms with van der Waals surface area (Å²) in [6.07, 6.45) is 7.51. The summed E-state index contributed by atoms with van der Waals surface area (Å²) >= 11 is 7.98. The van der Waals surface area contributed by atoms with Gasteiger partial charge in [-0.15, -0.1) is 0 Å². The number of nitrogens with zero attached hydrogens (tertiary/aromatic N) is 1.